The molecule has 1 aliphatic carbocycles. The van der Waals surface area contributed by atoms with Gasteiger partial charge in [-0.15, -0.1) is 12.3 Å². The van der Waals surface area contributed by atoms with Gasteiger partial charge in [0.1, 0.15) is 11.6 Å². The van der Waals surface area contributed by atoms with Gasteiger partial charge in [0.15, 0.2) is 11.6 Å². The summed E-state index contributed by atoms with van der Waals surface area (Å²) in [6.45, 7) is 0. The highest BCUT2D eigenvalue weighted by Gasteiger charge is 2.23. The van der Waals surface area contributed by atoms with Gasteiger partial charge in [0.2, 0.25) is 0 Å². The lowest BCUT2D eigenvalue weighted by molar-refractivity contribution is 0.383. The van der Waals surface area contributed by atoms with Crippen molar-refractivity contribution >= 4 is 10.8 Å². The van der Waals surface area contributed by atoms with Crippen molar-refractivity contribution in [2.45, 2.75) is 31.6 Å². The van der Waals surface area contributed by atoms with E-state index in [0.717, 1.165) is 37.8 Å². The Morgan fingerprint density at radius 2 is 1.33 bits per heavy atom. The van der Waals surface area contributed by atoms with E-state index < -0.39 is 23.3 Å². The molecule has 1 fully saturated rings. The van der Waals surface area contributed by atoms with Crippen molar-refractivity contribution in [3.63, 3.8) is 0 Å². The van der Waals surface area contributed by atoms with Crippen LogP contribution < -0.4 is 0 Å². The molecule has 1 saturated carbocycles. The van der Waals surface area contributed by atoms with Crippen LogP contribution in [0.5, 0.6) is 0 Å². The molecular weight excluding hydrogens is 388 g/mol. The predicted molar refractivity (Wildman–Crippen MR) is 110 cm³/mol. The fourth-order valence-corrected chi connectivity index (χ4v) is 4.00. The number of fused-ring (bicyclic) bond motifs is 1. The van der Waals surface area contributed by atoms with Gasteiger partial charge in [0, 0.05) is 11.5 Å². The summed E-state index contributed by atoms with van der Waals surface area (Å²) in [4.78, 5) is 0. The van der Waals surface area contributed by atoms with Crippen LogP contribution in [0.25, 0.3) is 10.8 Å². The van der Waals surface area contributed by atoms with Crippen LogP contribution in [0.3, 0.4) is 0 Å². The molecule has 0 atom stereocenters. The van der Waals surface area contributed by atoms with Crippen LogP contribution >= 0.6 is 0 Å². The topological polar surface area (TPSA) is 0 Å². The third-order valence-electron chi connectivity index (χ3n) is 5.71. The smallest absolute Gasteiger partial charge is 0.159 e. The van der Waals surface area contributed by atoms with Gasteiger partial charge in [-0.1, -0.05) is 17.9 Å². The average molecular weight is 406 g/mol. The summed E-state index contributed by atoms with van der Waals surface area (Å²) in [5, 5.41) is 0.972. The molecule has 0 aliphatic heterocycles. The first-order valence-corrected chi connectivity index (χ1v) is 9.80. The molecule has 0 amide bonds. The minimum atomic E-state index is -0.962. The predicted octanol–water partition coefficient (Wildman–Crippen LogP) is 6.70. The summed E-state index contributed by atoms with van der Waals surface area (Å²) in [6, 6.07) is 9.61. The molecule has 0 N–H and O–H groups in total. The van der Waals surface area contributed by atoms with E-state index in [1.165, 1.54) is 12.1 Å². The van der Waals surface area contributed by atoms with Crippen molar-refractivity contribution in [3.05, 3.63) is 82.4 Å². The molecule has 150 valence electrons. The summed E-state index contributed by atoms with van der Waals surface area (Å²) in [5.41, 5.74) is 0.777. The van der Waals surface area contributed by atoms with Crippen molar-refractivity contribution in [1.29, 1.82) is 0 Å². The maximum Gasteiger partial charge on any atom is 0.159 e. The summed E-state index contributed by atoms with van der Waals surface area (Å²) >= 11 is 0. The Kier molecular flexibility index (Phi) is 5.51. The van der Waals surface area contributed by atoms with Gasteiger partial charge >= 0.3 is 0 Å². The Labute approximate surface area is 172 Å². The standard InChI is InChI=1S/C26H18F4/c1-2-16-3-7-18(8-4-16)21-13-23(27)22(24(28)14-21)10-6-17-5-9-19-12-25(29)26(30)15-20(19)11-17/h1,5,9,11-16,18H,3-4,7-8H2. The molecule has 0 saturated heterocycles. The number of rotatable bonds is 1. The number of hydrogen-bond acceptors (Lipinski definition) is 0. The molecule has 30 heavy (non-hydrogen) atoms. The Hall–Kier alpha value is -3.24. The van der Waals surface area contributed by atoms with E-state index in [1.807, 2.05) is 0 Å². The van der Waals surface area contributed by atoms with Gasteiger partial charge in [-0.05, 0) is 84.3 Å². The van der Waals surface area contributed by atoms with Crippen LogP contribution in [0.2, 0.25) is 0 Å². The van der Waals surface area contributed by atoms with E-state index in [-0.39, 0.29) is 17.4 Å². The van der Waals surface area contributed by atoms with Crippen LogP contribution in [0.15, 0.2) is 42.5 Å². The minimum absolute atomic E-state index is 0.0939. The highest BCUT2D eigenvalue weighted by atomic mass is 19.2. The highest BCUT2D eigenvalue weighted by molar-refractivity contribution is 5.84. The zero-order valence-corrected chi connectivity index (χ0v) is 16.1. The number of terminal acetylenes is 1. The monoisotopic (exact) mass is 406 g/mol. The fourth-order valence-electron chi connectivity index (χ4n) is 4.00. The third kappa shape index (κ3) is 4.05. The van der Waals surface area contributed by atoms with Crippen LogP contribution in [-0.2, 0) is 0 Å². The minimum Gasteiger partial charge on any atom is -0.206 e. The molecule has 0 nitrogen and oxygen atoms in total. The Bertz CT molecular complexity index is 1190. The molecule has 3 aromatic rings. The number of hydrogen-bond donors (Lipinski definition) is 0. The molecule has 0 spiro atoms. The second kappa shape index (κ2) is 8.25. The van der Waals surface area contributed by atoms with E-state index in [1.54, 1.807) is 18.2 Å². The first-order chi connectivity index (χ1) is 14.4. The fraction of sp³-hybridized carbons (Fsp3) is 0.231. The zero-order chi connectivity index (χ0) is 21.3. The number of halogens is 4. The van der Waals surface area contributed by atoms with E-state index in [0.29, 0.717) is 21.9 Å². The first kappa shape index (κ1) is 20.0. The zero-order valence-electron chi connectivity index (χ0n) is 16.1. The maximum absolute atomic E-state index is 14.6. The lowest BCUT2D eigenvalue weighted by Crippen LogP contribution is -2.12. The molecule has 0 bridgehead atoms. The van der Waals surface area contributed by atoms with Crippen LogP contribution in [0.4, 0.5) is 17.6 Å². The second-order valence-corrected chi connectivity index (χ2v) is 7.65. The third-order valence-corrected chi connectivity index (χ3v) is 5.71. The van der Waals surface area contributed by atoms with Gasteiger partial charge in [-0.3, -0.25) is 0 Å². The van der Waals surface area contributed by atoms with Gasteiger partial charge in [0.05, 0.1) is 5.56 Å². The molecule has 1 aliphatic rings. The summed E-state index contributed by atoms with van der Waals surface area (Å²) < 4.78 is 56.0. The quantitative estimate of drug-likeness (QED) is 0.311. The van der Waals surface area contributed by atoms with Crippen molar-refractivity contribution in [2.75, 3.05) is 0 Å². The summed E-state index contributed by atoms with van der Waals surface area (Å²) in [6.07, 6.45) is 8.81. The van der Waals surface area contributed by atoms with Gasteiger partial charge < -0.3 is 0 Å². The van der Waals surface area contributed by atoms with Gasteiger partial charge in [-0.25, -0.2) is 17.6 Å². The summed E-state index contributed by atoms with van der Waals surface area (Å²) in [7, 11) is 0. The van der Waals surface area contributed by atoms with Crippen molar-refractivity contribution in [2.24, 2.45) is 5.92 Å². The molecule has 0 unspecified atom stereocenters. The Morgan fingerprint density at radius 1 is 0.700 bits per heavy atom. The molecule has 4 rings (SSSR count). The molecular formula is C26H18F4. The lowest BCUT2D eigenvalue weighted by atomic mass is 9.79. The van der Waals surface area contributed by atoms with Crippen molar-refractivity contribution < 1.29 is 17.6 Å². The Morgan fingerprint density at radius 3 is 1.97 bits per heavy atom. The van der Waals surface area contributed by atoms with E-state index in [2.05, 4.69) is 17.8 Å². The SMILES string of the molecule is C#CC1CCC(c2cc(F)c(C#Cc3ccc4cc(F)c(F)cc4c3)c(F)c2)CC1. The Balaban J connectivity index is 1.60. The second-order valence-electron chi connectivity index (χ2n) is 7.65. The van der Waals surface area contributed by atoms with Crippen molar-refractivity contribution in [3.8, 4) is 24.2 Å². The van der Waals surface area contributed by atoms with Crippen molar-refractivity contribution in [1.82, 2.24) is 0 Å². The van der Waals surface area contributed by atoms with Crippen LogP contribution in [0, 0.1) is 53.4 Å². The summed E-state index contributed by atoms with van der Waals surface area (Å²) in [5.74, 6) is 5.04. The van der Waals surface area contributed by atoms with Gasteiger partial charge in [0.25, 0.3) is 0 Å². The van der Waals surface area contributed by atoms with E-state index in [9.17, 15) is 17.6 Å². The van der Waals surface area contributed by atoms with Gasteiger partial charge in [-0.2, -0.15) is 0 Å². The highest BCUT2D eigenvalue weighted by Crippen LogP contribution is 2.36. The van der Waals surface area contributed by atoms with E-state index >= 15 is 0 Å². The first-order valence-electron chi connectivity index (χ1n) is 9.80. The largest absolute Gasteiger partial charge is 0.206 e. The molecule has 4 heteroatoms. The van der Waals surface area contributed by atoms with Crippen LogP contribution in [-0.4, -0.2) is 0 Å². The average Bonchev–Trinajstić information content (AvgIpc) is 2.74. The normalized spacial score (nSPS) is 18.5. The molecule has 3 aromatic carbocycles. The number of benzene rings is 3. The molecule has 0 aromatic heterocycles. The van der Waals surface area contributed by atoms with Crippen LogP contribution in [0.1, 0.15) is 48.3 Å². The molecule has 0 heterocycles. The lowest BCUT2D eigenvalue weighted by Gasteiger charge is -2.26. The maximum atomic E-state index is 14.6. The molecule has 0 radical (unpaired) electrons. The van der Waals surface area contributed by atoms with E-state index in [4.69, 9.17) is 6.42 Å².